The lowest BCUT2D eigenvalue weighted by atomic mass is 9.96. The average Bonchev–Trinajstić information content (AvgIpc) is 0.771. The van der Waals surface area contributed by atoms with Gasteiger partial charge < -0.3 is 122 Å². The first-order chi connectivity index (χ1) is 54.1. The molecule has 14 unspecified atom stereocenters. The number of carbonyl (C=O) groups is 15. The summed E-state index contributed by atoms with van der Waals surface area (Å²) in [5.41, 5.74) is -0.692. The number of carbonyl (C=O) groups excluding carboxylic acids is 15. The molecule has 0 aliphatic carbocycles. The second-order valence-electron chi connectivity index (χ2n) is 25.9. The fraction of sp³-hybridized carbons (Fsp3) is 0.630. The Bertz CT molecular complexity index is 3400. The minimum absolute atomic E-state index is 0.155. The number of hydrogen-bond acceptors (Lipinski definition) is 35. The van der Waals surface area contributed by atoms with E-state index in [-0.39, 0.29) is 79.0 Å². The molecule has 0 spiro atoms. The predicted molar refractivity (Wildman–Crippen MR) is 383 cm³/mol. The van der Waals surface area contributed by atoms with Crippen molar-refractivity contribution in [3.05, 3.63) is 65.7 Å². The highest BCUT2D eigenvalue weighted by molar-refractivity contribution is 5.86. The van der Waals surface area contributed by atoms with E-state index in [1.807, 2.05) is 30.3 Å². The second kappa shape index (κ2) is 48.8. The molecule has 0 bridgehead atoms. The van der Waals surface area contributed by atoms with Crippen LogP contribution in [0.15, 0.2) is 54.6 Å². The highest BCUT2D eigenvalue weighted by atomic mass is 16.7. The zero-order valence-electron chi connectivity index (χ0n) is 65.5. The van der Waals surface area contributed by atoms with Crippen molar-refractivity contribution in [1.82, 2.24) is 36.8 Å². The molecule has 3 saturated heterocycles. The van der Waals surface area contributed by atoms with Gasteiger partial charge in [-0.05, 0) is 29.7 Å². The molecule has 2 aromatic rings. The van der Waals surface area contributed by atoms with Crippen LogP contribution in [-0.4, -0.2) is 291 Å². The van der Waals surface area contributed by atoms with Crippen LogP contribution in [0.4, 0.5) is 0 Å². The molecular weight excluding hydrogens is 1520 g/mol. The molecule has 2 aromatic carbocycles. The summed E-state index contributed by atoms with van der Waals surface area (Å²) >= 11 is 0. The molecule has 0 radical (unpaired) electrons. The lowest BCUT2D eigenvalue weighted by Gasteiger charge is -2.47. The fourth-order valence-electron chi connectivity index (χ4n) is 11.9. The number of amides is 6. The Morgan fingerprint density at radius 3 is 1.33 bits per heavy atom. The summed E-state index contributed by atoms with van der Waals surface area (Å²) in [4.78, 5) is 192. The van der Waals surface area contributed by atoms with E-state index >= 15 is 0 Å². The van der Waals surface area contributed by atoms with Crippen molar-refractivity contribution >= 4 is 89.2 Å². The molecular formula is C73H103N7O34. The zero-order valence-corrected chi connectivity index (χ0v) is 65.5. The van der Waals surface area contributed by atoms with Crippen LogP contribution < -0.4 is 36.6 Å². The Balaban J connectivity index is 1.36. The summed E-state index contributed by atoms with van der Waals surface area (Å²) in [6.45, 7) is 8.16. The molecule has 15 atom stereocenters. The predicted octanol–water partition coefficient (Wildman–Crippen LogP) is -1.80. The zero-order chi connectivity index (χ0) is 84.0. The van der Waals surface area contributed by atoms with Crippen LogP contribution in [0.1, 0.15) is 101 Å². The summed E-state index contributed by atoms with van der Waals surface area (Å²) in [5.74, 6) is -10.7. The SMILES string of the molecule is CC(=O)NC1C(OCCOCCNC(=O)CN(CC(=O)NCCOCCOC2OC(COC(C)=O)C(OC(C)=O)C(OC(C)=O)C2NC(C)=O)C(Cc2ccc(OCc3ccccc3)cc2)C(=O)NCOCCOC2OC(COC(C)=O)C(OC(C)=O)C[C@@]2(NC(C)=O)OC(C)=O)OC(COC(C)=O)C(OC(C)=O)C1OC(C)=O. The largest absolute Gasteiger partial charge is 0.489 e. The smallest absolute Gasteiger partial charge is 0.304 e. The van der Waals surface area contributed by atoms with Crippen LogP contribution in [0, 0.1) is 0 Å². The molecule has 3 fully saturated rings. The maximum absolute atomic E-state index is 14.8. The molecule has 3 heterocycles. The third kappa shape index (κ3) is 34.3. The average molecular weight is 1620 g/mol. The highest BCUT2D eigenvalue weighted by Gasteiger charge is 2.56. The van der Waals surface area contributed by atoms with Crippen LogP contribution in [0.3, 0.4) is 0 Å². The van der Waals surface area contributed by atoms with Gasteiger partial charge in [0.15, 0.2) is 37.0 Å². The first-order valence-corrected chi connectivity index (χ1v) is 36.3. The van der Waals surface area contributed by atoms with Crippen molar-refractivity contribution in [2.45, 2.75) is 194 Å². The number of ether oxygens (including phenoxy) is 19. The Morgan fingerprint density at radius 1 is 0.447 bits per heavy atom. The van der Waals surface area contributed by atoms with E-state index in [9.17, 15) is 71.9 Å². The molecule has 5 rings (SSSR count). The minimum Gasteiger partial charge on any atom is -0.489 e. The molecule has 6 amide bonds. The number of hydrogen-bond donors (Lipinski definition) is 6. The molecule has 41 heteroatoms. The van der Waals surface area contributed by atoms with Gasteiger partial charge in [-0.2, -0.15) is 0 Å². The standard InChI is InChI=1S/C73H103N7O34/c1-41(81)77-63-67(109-50(10)90)65(107-48(8)88)59(38-103-45(5)85)111-70(63)99-29-26-96-24-22-74-61(93)34-80(35-62(94)75-23-25-97-27-30-100-71-64(78-42(2)82)68(110-51(11)91)66(108-49(9)89)60(112-71)39-104-46(6)86)56(32-53-18-20-55(21-19-53)105-36-54-16-14-13-15-17-54)69(95)76-40-98-28-31-101-72-73(79-43(3)83,114-52(12)92)33-57(106-47(7)87)58(113-72)37-102-44(4)84/h13-21,56-60,63-68,70-72H,22-40H2,1-12H3,(H,74,93)(H,75,94)(H,76,95)(H,77,81)(H,78,82)(H,79,83)/t56?,57?,58?,59?,60?,63?,64?,65?,66?,67?,68?,70?,71?,72?,73-/m1/s1. The monoisotopic (exact) mass is 1620 g/mol. The van der Waals surface area contributed by atoms with Crippen LogP contribution in [0.25, 0.3) is 0 Å². The topological polar surface area (TPSA) is 507 Å². The van der Waals surface area contributed by atoms with Crippen LogP contribution in [-0.2, 0) is 170 Å². The van der Waals surface area contributed by atoms with Gasteiger partial charge in [0.25, 0.3) is 0 Å². The maximum atomic E-state index is 14.8. The van der Waals surface area contributed by atoms with Gasteiger partial charge in [0, 0.05) is 96.2 Å². The fourth-order valence-corrected chi connectivity index (χ4v) is 11.9. The Hall–Kier alpha value is -10.1. The van der Waals surface area contributed by atoms with Crippen molar-refractivity contribution in [1.29, 1.82) is 0 Å². The summed E-state index contributed by atoms with van der Waals surface area (Å²) < 4.78 is 108. The quantitative estimate of drug-likeness (QED) is 0.0184. The van der Waals surface area contributed by atoms with Crippen molar-refractivity contribution < 1.29 is 162 Å². The Labute approximate surface area is 656 Å². The van der Waals surface area contributed by atoms with Gasteiger partial charge in [0.2, 0.25) is 47.5 Å². The lowest BCUT2D eigenvalue weighted by Crippen LogP contribution is -2.68. The van der Waals surface area contributed by atoms with Gasteiger partial charge >= 0.3 is 53.7 Å². The van der Waals surface area contributed by atoms with E-state index in [1.54, 1.807) is 24.3 Å². The van der Waals surface area contributed by atoms with Crippen molar-refractivity contribution in [2.75, 3.05) is 106 Å². The molecule has 114 heavy (non-hydrogen) atoms. The third-order valence-corrected chi connectivity index (χ3v) is 16.3. The summed E-state index contributed by atoms with van der Waals surface area (Å²) in [5, 5.41) is 15.8. The molecule has 6 N–H and O–H groups in total. The van der Waals surface area contributed by atoms with E-state index in [1.165, 1.54) is 18.7 Å². The van der Waals surface area contributed by atoms with Crippen molar-refractivity contribution in [3.63, 3.8) is 0 Å². The Morgan fingerprint density at radius 2 is 0.895 bits per heavy atom. The first-order valence-electron chi connectivity index (χ1n) is 36.3. The summed E-state index contributed by atoms with van der Waals surface area (Å²) in [6.07, 6.45) is -15.5. The molecule has 634 valence electrons. The van der Waals surface area contributed by atoms with Crippen LogP contribution >= 0.6 is 0 Å². The highest BCUT2D eigenvalue weighted by Crippen LogP contribution is 2.35. The van der Waals surface area contributed by atoms with E-state index in [0.717, 1.165) is 74.8 Å². The molecule has 3 aliphatic rings. The normalized spacial score (nSPS) is 23.3. The van der Waals surface area contributed by atoms with E-state index in [2.05, 4.69) is 31.9 Å². The van der Waals surface area contributed by atoms with Crippen LogP contribution in [0.2, 0.25) is 0 Å². The van der Waals surface area contributed by atoms with Gasteiger partial charge in [-0.25, -0.2) is 0 Å². The number of esters is 9. The molecule has 3 aliphatic heterocycles. The van der Waals surface area contributed by atoms with Gasteiger partial charge in [-0.15, -0.1) is 0 Å². The lowest BCUT2D eigenvalue weighted by molar-refractivity contribution is -0.320. The number of nitrogens with zero attached hydrogens (tertiary/aromatic N) is 1. The van der Waals surface area contributed by atoms with Gasteiger partial charge in [-0.3, -0.25) is 76.8 Å². The van der Waals surface area contributed by atoms with E-state index in [4.69, 9.17) is 90.0 Å². The number of rotatable bonds is 46. The number of nitrogens with one attached hydrogen (secondary N) is 6. The third-order valence-electron chi connectivity index (χ3n) is 16.3. The van der Waals surface area contributed by atoms with E-state index in [0.29, 0.717) is 11.3 Å². The summed E-state index contributed by atoms with van der Waals surface area (Å²) in [7, 11) is 0. The van der Waals surface area contributed by atoms with Gasteiger partial charge in [-0.1, -0.05) is 42.5 Å². The second-order valence-corrected chi connectivity index (χ2v) is 25.9. The first kappa shape index (κ1) is 94.5. The van der Waals surface area contributed by atoms with Crippen LogP contribution in [0.5, 0.6) is 5.75 Å². The maximum Gasteiger partial charge on any atom is 0.304 e. The molecule has 0 aromatic heterocycles. The molecule has 0 saturated carbocycles. The van der Waals surface area contributed by atoms with E-state index < -0.39 is 227 Å². The molecule has 41 nitrogen and oxygen atoms in total. The van der Waals surface area contributed by atoms with Gasteiger partial charge in [0.05, 0.1) is 78.4 Å². The van der Waals surface area contributed by atoms with Gasteiger partial charge in [0.1, 0.15) is 75.4 Å². The summed E-state index contributed by atoms with van der Waals surface area (Å²) in [6, 6.07) is 12.2. The minimum atomic E-state index is -2.11. The Kier molecular flexibility index (Phi) is 40.5. The van der Waals surface area contributed by atoms with Crippen molar-refractivity contribution in [3.8, 4) is 5.75 Å². The number of benzene rings is 2. The van der Waals surface area contributed by atoms with Crippen molar-refractivity contribution in [2.24, 2.45) is 0 Å².